The lowest BCUT2D eigenvalue weighted by Crippen LogP contribution is -2.17. The molecule has 0 aromatic heterocycles. The van der Waals surface area contributed by atoms with Crippen molar-refractivity contribution in [3.8, 4) is 17.2 Å². The summed E-state index contributed by atoms with van der Waals surface area (Å²) in [6.45, 7) is -0.579. The molecule has 0 fully saturated rings. The molecule has 0 unspecified atom stereocenters. The van der Waals surface area contributed by atoms with Gasteiger partial charge < -0.3 is 14.6 Å². The van der Waals surface area contributed by atoms with Crippen molar-refractivity contribution in [3.63, 3.8) is 0 Å². The minimum atomic E-state index is -4.82. The molecule has 0 aliphatic rings. The number of rotatable bonds is 5. The number of nitro benzene ring substituents is 1. The van der Waals surface area contributed by atoms with Crippen molar-refractivity contribution >= 4 is 5.69 Å². The number of hydrogen-bond donors (Lipinski definition) is 1. The lowest BCUT2D eigenvalue weighted by molar-refractivity contribution is -0.385. The van der Waals surface area contributed by atoms with Gasteiger partial charge in [0, 0.05) is 12.1 Å². The highest BCUT2D eigenvalue weighted by Crippen LogP contribution is 2.31. The maximum Gasteiger partial charge on any atom is 0.573 e. The number of hydrogen-bond acceptors (Lipinski definition) is 5. The summed E-state index contributed by atoms with van der Waals surface area (Å²) in [6, 6.07) is 8.46. The summed E-state index contributed by atoms with van der Waals surface area (Å²) in [4.78, 5) is 10.1. The number of nitro groups is 1. The number of aliphatic hydroxyl groups is 1. The summed E-state index contributed by atoms with van der Waals surface area (Å²) in [5, 5.41) is 19.9. The van der Waals surface area contributed by atoms with E-state index in [1.54, 1.807) is 0 Å². The summed E-state index contributed by atoms with van der Waals surface area (Å²) >= 11 is 0. The van der Waals surface area contributed by atoms with E-state index in [1.165, 1.54) is 24.3 Å². The Morgan fingerprint density at radius 1 is 1.09 bits per heavy atom. The Kier molecular flexibility index (Phi) is 4.70. The van der Waals surface area contributed by atoms with Crippen molar-refractivity contribution in [2.45, 2.75) is 13.0 Å². The molecule has 1 N–H and O–H groups in total. The van der Waals surface area contributed by atoms with Gasteiger partial charge in [-0.15, -0.1) is 13.2 Å². The molecule has 2 aromatic rings. The first-order chi connectivity index (χ1) is 10.8. The second kappa shape index (κ2) is 6.53. The molecule has 122 valence electrons. The van der Waals surface area contributed by atoms with Gasteiger partial charge in [0.15, 0.2) is 0 Å². The third kappa shape index (κ3) is 4.58. The van der Waals surface area contributed by atoms with E-state index in [1.807, 2.05) is 0 Å². The normalized spacial score (nSPS) is 11.1. The molecule has 0 radical (unpaired) electrons. The van der Waals surface area contributed by atoms with Crippen molar-refractivity contribution in [1.29, 1.82) is 0 Å². The van der Waals surface area contributed by atoms with Crippen molar-refractivity contribution in [3.05, 3.63) is 58.1 Å². The molecule has 0 aliphatic carbocycles. The fraction of sp³-hybridized carbons (Fsp3) is 0.143. The molecule has 0 amide bonds. The molecule has 0 saturated carbocycles. The summed E-state index contributed by atoms with van der Waals surface area (Å²) in [6.07, 6.45) is -4.82. The average Bonchev–Trinajstić information content (AvgIpc) is 2.45. The van der Waals surface area contributed by atoms with E-state index >= 15 is 0 Å². The zero-order chi connectivity index (χ0) is 17.0. The van der Waals surface area contributed by atoms with Gasteiger partial charge in [-0.25, -0.2) is 0 Å². The monoisotopic (exact) mass is 329 g/mol. The first-order valence-corrected chi connectivity index (χ1v) is 6.20. The lowest BCUT2D eigenvalue weighted by atomic mass is 10.2. The second-order valence-electron chi connectivity index (χ2n) is 4.33. The first-order valence-electron chi connectivity index (χ1n) is 6.20. The van der Waals surface area contributed by atoms with Crippen LogP contribution < -0.4 is 9.47 Å². The van der Waals surface area contributed by atoms with E-state index < -0.39 is 23.6 Å². The zero-order valence-electron chi connectivity index (χ0n) is 11.4. The highest BCUT2D eigenvalue weighted by atomic mass is 19.4. The van der Waals surface area contributed by atoms with E-state index in [2.05, 4.69) is 4.74 Å². The fourth-order valence-electron chi connectivity index (χ4n) is 1.80. The summed E-state index contributed by atoms with van der Waals surface area (Å²) in [5.74, 6) is -0.285. The predicted octanol–water partition coefficient (Wildman–Crippen LogP) is 3.78. The summed E-state index contributed by atoms with van der Waals surface area (Å²) in [7, 11) is 0. The van der Waals surface area contributed by atoms with E-state index in [0.29, 0.717) is 0 Å². The van der Waals surface area contributed by atoms with E-state index in [9.17, 15) is 23.3 Å². The minimum absolute atomic E-state index is 0.0233. The first kappa shape index (κ1) is 16.6. The number of ether oxygens (including phenoxy) is 2. The summed E-state index contributed by atoms with van der Waals surface area (Å²) < 4.78 is 45.6. The van der Waals surface area contributed by atoms with Gasteiger partial charge in [0.05, 0.1) is 17.1 Å². The molecule has 23 heavy (non-hydrogen) atoms. The molecule has 0 heterocycles. The molecule has 9 heteroatoms. The molecule has 0 spiro atoms. The lowest BCUT2D eigenvalue weighted by Gasteiger charge is -2.11. The molecule has 0 atom stereocenters. The number of alkyl halides is 3. The SMILES string of the molecule is O=[N+]([O-])c1ccc(Oc2cccc(OC(F)(F)F)c2)cc1CO. The molecular formula is C14H10F3NO5. The molecule has 0 bridgehead atoms. The van der Waals surface area contributed by atoms with Crippen LogP contribution in [-0.4, -0.2) is 16.4 Å². The van der Waals surface area contributed by atoms with Crippen LogP contribution in [0.5, 0.6) is 17.2 Å². The van der Waals surface area contributed by atoms with Crippen LogP contribution >= 0.6 is 0 Å². The van der Waals surface area contributed by atoms with E-state index in [0.717, 1.165) is 18.2 Å². The molecular weight excluding hydrogens is 319 g/mol. The number of aliphatic hydroxyl groups excluding tert-OH is 1. The molecule has 2 aromatic carbocycles. The van der Waals surface area contributed by atoms with Gasteiger partial charge in [-0.3, -0.25) is 10.1 Å². The fourth-order valence-corrected chi connectivity index (χ4v) is 1.80. The van der Waals surface area contributed by atoms with Crippen LogP contribution in [0.3, 0.4) is 0 Å². The average molecular weight is 329 g/mol. The Morgan fingerprint density at radius 3 is 2.35 bits per heavy atom. The Hall–Kier alpha value is -2.81. The van der Waals surface area contributed by atoms with Gasteiger partial charge >= 0.3 is 6.36 Å². The van der Waals surface area contributed by atoms with Crippen LogP contribution in [0, 0.1) is 10.1 Å². The largest absolute Gasteiger partial charge is 0.573 e. The van der Waals surface area contributed by atoms with Crippen LogP contribution in [0.4, 0.5) is 18.9 Å². The zero-order valence-corrected chi connectivity index (χ0v) is 11.4. The number of nitrogens with zero attached hydrogens (tertiary/aromatic N) is 1. The van der Waals surface area contributed by atoms with Gasteiger partial charge in [0.25, 0.3) is 5.69 Å². The van der Waals surface area contributed by atoms with Crippen molar-refractivity contribution in [2.75, 3.05) is 0 Å². The van der Waals surface area contributed by atoms with Crippen molar-refractivity contribution < 1.29 is 32.7 Å². The topological polar surface area (TPSA) is 81.8 Å². The van der Waals surface area contributed by atoms with E-state index in [4.69, 9.17) is 9.84 Å². The number of halogens is 3. The van der Waals surface area contributed by atoms with Crippen LogP contribution in [0.1, 0.15) is 5.56 Å². The summed E-state index contributed by atoms with van der Waals surface area (Å²) in [5.41, 5.74) is -0.260. The highest BCUT2D eigenvalue weighted by Gasteiger charge is 2.31. The Bertz CT molecular complexity index is 718. The minimum Gasteiger partial charge on any atom is -0.457 e. The Balaban J connectivity index is 2.22. The van der Waals surface area contributed by atoms with Crippen LogP contribution in [0.2, 0.25) is 0 Å². The maximum absolute atomic E-state index is 12.2. The Labute approximate surface area is 127 Å². The van der Waals surface area contributed by atoms with E-state index in [-0.39, 0.29) is 22.7 Å². The van der Waals surface area contributed by atoms with Crippen molar-refractivity contribution in [1.82, 2.24) is 0 Å². The standard InChI is InChI=1S/C14H10F3NO5/c15-14(16,17)23-12-3-1-2-10(7-12)22-11-4-5-13(18(20)21)9(6-11)8-19/h1-7,19H,8H2. The third-order valence-corrected chi connectivity index (χ3v) is 2.69. The smallest absolute Gasteiger partial charge is 0.457 e. The van der Waals surface area contributed by atoms with Gasteiger partial charge in [-0.1, -0.05) is 6.07 Å². The van der Waals surface area contributed by atoms with Gasteiger partial charge in [-0.2, -0.15) is 0 Å². The van der Waals surface area contributed by atoms with Crippen LogP contribution in [-0.2, 0) is 6.61 Å². The van der Waals surface area contributed by atoms with Gasteiger partial charge in [-0.05, 0) is 24.3 Å². The van der Waals surface area contributed by atoms with Crippen LogP contribution in [0.25, 0.3) is 0 Å². The number of benzene rings is 2. The molecule has 6 nitrogen and oxygen atoms in total. The predicted molar refractivity (Wildman–Crippen MR) is 72.2 cm³/mol. The quantitative estimate of drug-likeness (QED) is 0.667. The second-order valence-corrected chi connectivity index (χ2v) is 4.33. The molecule has 0 saturated heterocycles. The maximum atomic E-state index is 12.2. The van der Waals surface area contributed by atoms with Crippen molar-refractivity contribution in [2.24, 2.45) is 0 Å². The third-order valence-electron chi connectivity index (χ3n) is 2.69. The molecule has 2 rings (SSSR count). The van der Waals surface area contributed by atoms with Crippen LogP contribution in [0.15, 0.2) is 42.5 Å². The van der Waals surface area contributed by atoms with Gasteiger partial charge in [0.2, 0.25) is 0 Å². The highest BCUT2D eigenvalue weighted by molar-refractivity contribution is 5.46. The Morgan fingerprint density at radius 2 is 1.74 bits per heavy atom. The van der Waals surface area contributed by atoms with Gasteiger partial charge in [0.1, 0.15) is 17.2 Å². The molecule has 0 aliphatic heterocycles.